The predicted octanol–water partition coefficient (Wildman–Crippen LogP) is 5.46. The first-order valence-corrected chi connectivity index (χ1v) is 10.3. The molecule has 0 saturated heterocycles. The lowest BCUT2D eigenvalue weighted by atomic mass is 10.0. The molecule has 0 saturated carbocycles. The van der Waals surface area contributed by atoms with E-state index in [4.69, 9.17) is 28.5 Å². The van der Waals surface area contributed by atoms with Crippen molar-refractivity contribution in [2.45, 2.75) is 12.8 Å². The zero-order valence-corrected chi connectivity index (χ0v) is 17.8. The van der Waals surface area contributed by atoms with Gasteiger partial charge in [0.15, 0.2) is 5.69 Å². The highest BCUT2D eigenvalue weighted by molar-refractivity contribution is 6.42. The van der Waals surface area contributed by atoms with E-state index in [2.05, 4.69) is 16.4 Å². The Morgan fingerprint density at radius 1 is 0.935 bits per heavy atom. The van der Waals surface area contributed by atoms with Gasteiger partial charge in [0, 0.05) is 5.56 Å². The van der Waals surface area contributed by atoms with Crippen LogP contribution in [0.2, 0.25) is 10.0 Å². The topological polar surface area (TPSA) is 71.6 Å². The van der Waals surface area contributed by atoms with Crippen LogP contribution in [-0.4, -0.2) is 20.8 Å². The largest absolute Gasteiger partial charge is 0.287 e. The molecule has 0 fully saturated rings. The summed E-state index contributed by atoms with van der Waals surface area (Å²) in [6, 6.07) is 23.8. The number of nitrogens with zero attached hydrogens (tertiary/aromatic N) is 4. The third-order valence-electron chi connectivity index (χ3n) is 4.89. The van der Waals surface area contributed by atoms with Gasteiger partial charge in [-0.1, -0.05) is 58.7 Å². The van der Waals surface area contributed by atoms with E-state index in [9.17, 15) is 4.79 Å². The summed E-state index contributed by atoms with van der Waals surface area (Å²) in [6.45, 7) is 0. The van der Waals surface area contributed by atoms with Crippen molar-refractivity contribution in [1.82, 2.24) is 15.0 Å². The number of rotatable bonds is 6. The maximum atomic E-state index is 13.2. The molecule has 0 bridgehead atoms. The van der Waals surface area contributed by atoms with Crippen LogP contribution in [0, 0.1) is 11.3 Å². The predicted molar refractivity (Wildman–Crippen MR) is 120 cm³/mol. The first kappa shape index (κ1) is 20.8. The molecule has 1 aromatic heterocycles. The van der Waals surface area contributed by atoms with Crippen LogP contribution in [0.25, 0.3) is 5.69 Å². The molecule has 0 radical (unpaired) electrons. The summed E-state index contributed by atoms with van der Waals surface area (Å²) < 4.78 is 1.65. The van der Waals surface area contributed by atoms with Crippen molar-refractivity contribution in [3.63, 3.8) is 0 Å². The molecule has 4 rings (SSSR count). The standard InChI is InChI=1S/C24H16Cl2N4O/c25-20-12-9-18(14-21(20)26)24(31)23-22(13-8-16-4-2-1-3-5-16)30(29-28-23)19-10-6-17(15-27)7-11-19/h1-7,9-12,14H,8,13H2. The minimum Gasteiger partial charge on any atom is -0.287 e. The third kappa shape index (κ3) is 4.51. The van der Waals surface area contributed by atoms with Gasteiger partial charge in [0.2, 0.25) is 5.78 Å². The molecule has 0 aliphatic carbocycles. The average molecular weight is 447 g/mol. The zero-order valence-electron chi connectivity index (χ0n) is 16.3. The summed E-state index contributed by atoms with van der Waals surface area (Å²) in [7, 11) is 0. The quantitative estimate of drug-likeness (QED) is 0.368. The smallest absolute Gasteiger partial charge is 0.215 e. The normalized spacial score (nSPS) is 10.6. The van der Waals surface area contributed by atoms with Crippen molar-refractivity contribution >= 4 is 29.0 Å². The van der Waals surface area contributed by atoms with Crippen LogP contribution in [-0.2, 0) is 12.8 Å². The van der Waals surface area contributed by atoms with E-state index in [1.165, 1.54) is 6.07 Å². The highest BCUT2D eigenvalue weighted by Gasteiger charge is 2.22. The number of hydrogen-bond donors (Lipinski definition) is 0. The molecule has 0 amide bonds. The summed E-state index contributed by atoms with van der Waals surface area (Å²) in [5.74, 6) is -0.276. The van der Waals surface area contributed by atoms with Gasteiger partial charge < -0.3 is 0 Å². The number of aryl methyl sites for hydroxylation is 1. The van der Waals surface area contributed by atoms with Gasteiger partial charge in [-0.15, -0.1) is 5.10 Å². The fourth-order valence-electron chi connectivity index (χ4n) is 3.27. The van der Waals surface area contributed by atoms with Crippen LogP contribution in [0.4, 0.5) is 0 Å². The Bertz CT molecular complexity index is 1280. The minimum absolute atomic E-state index is 0.263. The molecular formula is C24H16Cl2N4O. The van der Waals surface area contributed by atoms with Crippen molar-refractivity contribution < 1.29 is 4.79 Å². The van der Waals surface area contributed by atoms with Crippen molar-refractivity contribution in [3.05, 3.63) is 111 Å². The fourth-order valence-corrected chi connectivity index (χ4v) is 3.57. The van der Waals surface area contributed by atoms with Crippen LogP contribution in [0.5, 0.6) is 0 Å². The van der Waals surface area contributed by atoms with E-state index in [0.29, 0.717) is 39.7 Å². The molecule has 0 spiro atoms. The molecule has 152 valence electrons. The molecule has 4 aromatic rings. The average Bonchev–Trinajstić information content (AvgIpc) is 3.23. The SMILES string of the molecule is N#Cc1ccc(-n2nnc(C(=O)c3ccc(Cl)c(Cl)c3)c2CCc2ccccc2)cc1. The number of aromatic nitrogens is 3. The molecule has 5 nitrogen and oxygen atoms in total. The van der Waals surface area contributed by atoms with E-state index in [1.54, 1.807) is 41.1 Å². The summed E-state index contributed by atoms with van der Waals surface area (Å²) in [6.07, 6.45) is 1.27. The van der Waals surface area contributed by atoms with Crippen molar-refractivity contribution in [2.24, 2.45) is 0 Å². The summed E-state index contributed by atoms with van der Waals surface area (Å²) in [5.41, 5.74) is 3.75. The molecule has 0 aliphatic rings. The molecule has 0 N–H and O–H groups in total. The molecule has 0 aliphatic heterocycles. The van der Waals surface area contributed by atoms with Crippen LogP contribution >= 0.6 is 23.2 Å². The number of halogens is 2. The monoisotopic (exact) mass is 446 g/mol. The Hall–Kier alpha value is -3.46. The molecule has 0 atom stereocenters. The fraction of sp³-hybridized carbons (Fsp3) is 0.0833. The molecule has 31 heavy (non-hydrogen) atoms. The van der Waals surface area contributed by atoms with E-state index in [0.717, 1.165) is 11.3 Å². The molecular weight excluding hydrogens is 431 g/mol. The minimum atomic E-state index is -0.276. The number of carbonyl (C=O) groups excluding carboxylic acids is 1. The zero-order chi connectivity index (χ0) is 21.8. The maximum absolute atomic E-state index is 13.2. The second-order valence-electron chi connectivity index (χ2n) is 6.90. The second kappa shape index (κ2) is 9.13. The lowest BCUT2D eigenvalue weighted by Gasteiger charge is -2.09. The Labute approximate surface area is 189 Å². The number of ketones is 1. The summed E-state index contributed by atoms with van der Waals surface area (Å²) >= 11 is 12.1. The van der Waals surface area contributed by atoms with Gasteiger partial charge in [0.1, 0.15) is 0 Å². The number of hydrogen-bond acceptors (Lipinski definition) is 4. The Balaban J connectivity index is 1.74. The first-order chi connectivity index (χ1) is 15.1. The van der Waals surface area contributed by atoms with Crippen LogP contribution in [0.1, 0.15) is 32.9 Å². The molecule has 3 aromatic carbocycles. The second-order valence-corrected chi connectivity index (χ2v) is 7.71. The number of nitriles is 1. The highest BCUT2D eigenvalue weighted by Crippen LogP contribution is 2.25. The van der Waals surface area contributed by atoms with Crippen molar-refractivity contribution in [1.29, 1.82) is 5.26 Å². The van der Waals surface area contributed by atoms with Gasteiger partial charge >= 0.3 is 0 Å². The summed E-state index contributed by atoms with van der Waals surface area (Å²) in [4.78, 5) is 13.2. The number of benzene rings is 3. The van der Waals surface area contributed by atoms with Gasteiger partial charge in [-0.25, -0.2) is 4.68 Å². The van der Waals surface area contributed by atoms with Gasteiger partial charge in [-0.3, -0.25) is 4.79 Å². The molecule has 1 heterocycles. The lowest BCUT2D eigenvalue weighted by molar-refractivity contribution is 0.103. The van der Waals surface area contributed by atoms with Crippen LogP contribution in [0.15, 0.2) is 72.8 Å². The summed E-state index contributed by atoms with van der Waals surface area (Å²) in [5, 5.41) is 18.2. The van der Waals surface area contributed by atoms with Crippen LogP contribution in [0.3, 0.4) is 0 Å². The first-order valence-electron chi connectivity index (χ1n) is 9.55. The molecule has 7 heteroatoms. The van der Waals surface area contributed by atoms with Crippen molar-refractivity contribution in [3.8, 4) is 11.8 Å². The van der Waals surface area contributed by atoms with E-state index < -0.39 is 0 Å². The van der Waals surface area contributed by atoms with Crippen molar-refractivity contribution in [2.75, 3.05) is 0 Å². The Kier molecular flexibility index (Phi) is 6.13. The van der Waals surface area contributed by atoms with E-state index in [-0.39, 0.29) is 11.5 Å². The highest BCUT2D eigenvalue weighted by atomic mass is 35.5. The number of carbonyl (C=O) groups is 1. The van der Waals surface area contributed by atoms with Gasteiger partial charge in [0.05, 0.1) is 33.1 Å². The lowest BCUT2D eigenvalue weighted by Crippen LogP contribution is -2.10. The van der Waals surface area contributed by atoms with E-state index >= 15 is 0 Å². The Morgan fingerprint density at radius 2 is 1.68 bits per heavy atom. The Morgan fingerprint density at radius 3 is 2.35 bits per heavy atom. The van der Waals surface area contributed by atoms with Gasteiger partial charge in [-0.2, -0.15) is 5.26 Å². The maximum Gasteiger partial charge on any atom is 0.215 e. The van der Waals surface area contributed by atoms with Gasteiger partial charge in [-0.05, 0) is 60.9 Å². The molecule has 0 unspecified atom stereocenters. The van der Waals surface area contributed by atoms with Crippen LogP contribution < -0.4 is 0 Å². The van der Waals surface area contributed by atoms with Gasteiger partial charge in [0.25, 0.3) is 0 Å². The van der Waals surface area contributed by atoms with E-state index in [1.807, 2.05) is 30.3 Å². The third-order valence-corrected chi connectivity index (χ3v) is 5.63.